The number of fused-ring (bicyclic) bond motifs is 1. The maximum absolute atomic E-state index is 12.5. The number of piperidine rings is 1. The van der Waals surface area contributed by atoms with Gasteiger partial charge in [0.25, 0.3) is 0 Å². The van der Waals surface area contributed by atoms with Crippen molar-refractivity contribution in [3.63, 3.8) is 0 Å². The molecule has 3 aromatic rings. The Balaban J connectivity index is 1.30. The first-order chi connectivity index (χ1) is 17.2. The van der Waals surface area contributed by atoms with Crippen LogP contribution in [0.2, 0.25) is 10.0 Å². The molecule has 194 valence electrons. The second-order valence-electron chi connectivity index (χ2n) is 10.5. The summed E-state index contributed by atoms with van der Waals surface area (Å²) in [5, 5.41) is 1.07. The summed E-state index contributed by atoms with van der Waals surface area (Å²) < 4.78 is 23.5. The van der Waals surface area contributed by atoms with Crippen LogP contribution in [0.5, 0.6) is 0 Å². The fourth-order valence-corrected chi connectivity index (χ4v) is 7.13. The van der Waals surface area contributed by atoms with Crippen LogP contribution in [0.4, 0.5) is 5.95 Å². The van der Waals surface area contributed by atoms with Crippen LogP contribution in [-0.4, -0.2) is 56.5 Å². The first-order valence-electron chi connectivity index (χ1n) is 12.1. The van der Waals surface area contributed by atoms with Gasteiger partial charge < -0.3 is 14.2 Å². The van der Waals surface area contributed by atoms with Crippen molar-refractivity contribution in [1.82, 2.24) is 19.1 Å². The molecule has 0 bridgehead atoms. The summed E-state index contributed by atoms with van der Waals surface area (Å²) in [4.78, 5) is 13.6. The zero-order valence-electron chi connectivity index (χ0n) is 20.7. The molecule has 2 aromatic heterocycles. The molecule has 7 nitrogen and oxygen atoms in total. The highest BCUT2D eigenvalue weighted by Gasteiger charge is 2.47. The van der Waals surface area contributed by atoms with E-state index in [9.17, 15) is 4.55 Å². The van der Waals surface area contributed by atoms with E-state index < -0.39 is 11.4 Å². The van der Waals surface area contributed by atoms with Crippen molar-refractivity contribution in [2.24, 2.45) is 11.3 Å². The summed E-state index contributed by atoms with van der Waals surface area (Å²) in [6, 6.07) is 5.62. The molecule has 0 aliphatic carbocycles. The first kappa shape index (κ1) is 26.4. The number of hydrogen-bond acceptors (Lipinski definition) is 7. The number of hydrogen-bond donors (Lipinski definition) is 1. The van der Waals surface area contributed by atoms with Crippen LogP contribution in [-0.2, 0) is 16.1 Å². The molecule has 2 saturated heterocycles. The zero-order valence-corrected chi connectivity index (χ0v) is 23.8. The highest BCUT2D eigenvalue weighted by Crippen LogP contribution is 2.44. The number of imidazole rings is 1. The molecule has 2 fully saturated rings. The summed E-state index contributed by atoms with van der Waals surface area (Å²) in [7, 11) is 0. The number of nitrogens with zero attached hydrogens (tertiary/aromatic N) is 4. The third-order valence-electron chi connectivity index (χ3n) is 7.14. The summed E-state index contributed by atoms with van der Waals surface area (Å²) in [6.45, 7) is 9.94. The van der Waals surface area contributed by atoms with Gasteiger partial charge in [-0.1, -0.05) is 41.0 Å². The molecular weight excluding hydrogens is 537 g/mol. The maximum atomic E-state index is 12.5. The van der Waals surface area contributed by atoms with Crippen molar-refractivity contribution in [2.45, 2.75) is 48.2 Å². The number of anilines is 1. The summed E-state index contributed by atoms with van der Waals surface area (Å²) in [5.41, 5.74) is 0.955. The molecule has 2 atom stereocenters. The third kappa shape index (κ3) is 5.21. The molecule has 36 heavy (non-hydrogen) atoms. The quantitative estimate of drug-likeness (QED) is 0.395. The summed E-state index contributed by atoms with van der Waals surface area (Å²) in [6.07, 6.45) is 7.65. The molecule has 5 rings (SSSR count). The fourth-order valence-electron chi connectivity index (χ4n) is 4.94. The van der Waals surface area contributed by atoms with Crippen molar-refractivity contribution >= 4 is 57.9 Å². The van der Waals surface area contributed by atoms with Gasteiger partial charge in [-0.25, -0.2) is 9.97 Å². The van der Waals surface area contributed by atoms with Gasteiger partial charge in [-0.05, 0) is 45.7 Å². The zero-order chi connectivity index (χ0) is 25.5. The second-order valence-corrected chi connectivity index (χ2v) is 14.4. The minimum absolute atomic E-state index is 0.110. The molecule has 1 N–H and O–H groups in total. The van der Waals surface area contributed by atoms with Crippen molar-refractivity contribution in [1.29, 1.82) is 0 Å². The number of ether oxygens (including phenoxy) is 1. The maximum Gasteiger partial charge on any atom is 0.211 e. The number of halogens is 2. The van der Waals surface area contributed by atoms with E-state index in [1.165, 1.54) is 11.8 Å². The van der Waals surface area contributed by atoms with Crippen molar-refractivity contribution in [3.05, 3.63) is 46.8 Å². The Labute approximate surface area is 229 Å². The average Bonchev–Trinajstić information content (AvgIpc) is 3.49. The van der Waals surface area contributed by atoms with Crippen LogP contribution in [0.3, 0.4) is 0 Å². The van der Waals surface area contributed by atoms with Gasteiger partial charge in [-0.15, -0.1) is 4.72 Å². The normalized spacial score (nSPS) is 20.9. The molecule has 0 radical (unpaired) electrons. The molecule has 11 heteroatoms. The lowest BCUT2D eigenvalue weighted by molar-refractivity contribution is 0.125. The average molecular weight is 569 g/mol. The minimum Gasteiger partial charge on any atom is -0.598 e. The molecule has 1 spiro atoms. The minimum atomic E-state index is -1.08. The Morgan fingerprint density at radius 2 is 2.00 bits per heavy atom. The molecule has 2 aliphatic heterocycles. The Morgan fingerprint density at radius 3 is 2.75 bits per heavy atom. The molecular formula is C25H31Cl2N5O2S2. The van der Waals surface area contributed by atoms with E-state index in [1.807, 2.05) is 45.3 Å². The van der Waals surface area contributed by atoms with Gasteiger partial charge in [-0.2, -0.15) is 0 Å². The highest BCUT2D eigenvalue weighted by atomic mass is 35.5. The third-order valence-corrected chi connectivity index (χ3v) is 10.7. The Hall–Kier alpha value is -1.20. The van der Waals surface area contributed by atoms with E-state index in [0.717, 1.165) is 60.5 Å². The molecule has 1 unspecified atom stereocenters. The second kappa shape index (κ2) is 10.5. The predicted octanol–water partition coefficient (Wildman–Crippen LogP) is 5.47. The van der Waals surface area contributed by atoms with Crippen LogP contribution in [0.25, 0.3) is 5.65 Å². The molecule has 0 saturated carbocycles. The lowest BCUT2D eigenvalue weighted by Gasteiger charge is -2.42. The van der Waals surface area contributed by atoms with Gasteiger partial charge in [0.15, 0.2) is 5.65 Å². The van der Waals surface area contributed by atoms with Gasteiger partial charge in [0.1, 0.15) is 4.75 Å². The van der Waals surface area contributed by atoms with Crippen LogP contribution < -0.4 is 9.62 Å². The van der Waals surface area contributed by atoms with Crippen LogP contribution in [0.1, 0.15) is 33.6 Å². The fraction of sp³-hybridized carbons (Fsp3) is 0.520. The van der Waals surface area contributed by atoms with E-state index in [0.29, 0.717) is 22.5 Å². The standard InChI is InChI=1S/C25H31Cl2N5O2S2/c1-24(2,3)36(33)30-13-17-15-34-16-25(17)7-10-31(11-8-25)23-29-14-20(22-28-9-12-32(22)23)35-19-6-4-5-18(26)21(19)27/h4-6,9,12,14,17,30H,7-8,10-11,13,15-16H2,1-3H3/t17-,36?/m1/s1. The largest absolute Gasteiger partial charge is 0.598 e. The summed E-state index contributed by atoms with van der Waals surface area (Å²) in [5.74, 6) is 1.25. The molecule has 1 aromatic carbocycles. The molecule has 2 aliphatic rings. The van der Waals surface area contributed by atoms with E-state index in [2.05, 4.69) is 19.0 Å². The SMILES string of the molecule is CC(C)(C)[S+]([O-])NC[C@@H]1COCC12CCN(c1ncc(Sc3cccc(Cl)c3Cl)c3nccn13)CC2. The van der Waals surface area contributed by atoms with Crippen LogP contribution in [0, 0.1) is 11.3 Å². The van der Waals surface area contributed by atoms with Crippen molar-refractivity contribution in [3.8, 4) is 0 Å². The monoisotopic (exact) mass is 567 g/mol. The lowest BCUT2D eigenvalue weighted by atomic mass is 9.71. The number of nitrogens with one attached hydrogen (secondary N) is 1. The predicted molar refractivity (Wildman–Crippen MR) is 148 cm³/mol. The van der Waals surface area contributed by atoms with Gasteiger partial charge in [0.05, 0.1) is 28.2 Å². The van der Waals surface area contributed by atoms with Crippen LogP contribution >= 0.6 is 35.0 Å². The topological polar surface area (TPSA) is 77.8 Å². The number of rotatable bonds is 6. The highest BCUT2D eigenvalue weighted by molar-refractivity contribution is 7.99. The number of aromatic nitrogens is 3. The Morgan fingerprint density at radius 1 is 1.22 bits per heavy atom. The number of benzene rings is 1. The Bertz CT molecular complexity index is 1230. The van der Waals surface area contributed by atoms with Crippen LogP contribution in [0.15, 0.2) is 46.6 Å². The smallest absolute Gasteiger partial charge is 0.211 e. The van der Waals surface area contributed by atoms with Gasteiger partial charge in [0, 0.05) is 65.8 Å². The van der Waals surface area contributed by atoms with E-state index >= 15 is 0 Å². The molecule has 4 heterocycles. The summed E-state index contributed by atoms with van der Waals surface area (Å²) >= 11 is 13.1. The van der Waals surface area contributed by atoms with E-state index in [1.54, 1.807) is 12.3 Å². The van der Waals surface area contributed by atoms with Gasteiger partial charge in [0.2, 0.25) is 5.95 Å². The first-order valence-corrected chi connectivity index (χ1v) is 14.8. The molecule has 0 amide bonds. The van der Waals surface area contributed by atoms with Crippen molar-refractivity contribution in [2.75, 3.05) is 37.7 Å². The van der Waals surface area contributed by atoms with Gasteiger partial charge in [-0.3, -0.25) is 4.40 Å². The van der Waals surface area contributed by atoms with E-state index in [4.69, 9.17) is 32.9 Å². The van der Waals surface area contributed by atoms with Crippen molar-refractivity contribution < 1.29 is 9.29 Å². The Kier molecular flexibility index (Phi) is 7.72. The van der Waals surface area contributed by atoms with Gasteiger partial charge >= 0.3 is 0 Å². The lowest BCUT2D eigenvalue weighted by Crippen LogP contribution is -2.49. The van der Waals surface area contributed by atoms with E-state index in [-0.39, 0.29) is 10.2 Å².